The molecule has 0 aliphatic heterocycles. The molecule has 0 bridgehead atoms. The average molecular weight is 371 g/mol. The van der Waals surface area contributed by atoms with Gasteiger partial charge in [-0.2, -0.15) is 0 Å². The van der Waals surface area contributed by atoms with Gasteiger partial charge in [-0.05, 0) is 54.8 Å². The zero-order chi connectivity index (χ0) is 15.4. The predicted octanol–water partition coefficient (Wildman–Crippen LogP) is 5.44. The third-order valence-corrected chi connectivity index (χ3v) is 4.30. The van der Waals surface area contributed by atoms with Crippen LogP contribution in [0.3, 0.4) is 0 Å². The molecule has 1 unspecified atom stereocenters. The maximum Gasteiger partial charge on any atom is 0.145 e. The lowest BCUT2D eigenvalue weighted by Gasteiger charge is -2.21. The van der Waals surface area contributed by atoms with Gasteiger partial charge in [-0.25, -0.2) is 4.39 Å². The Labute approximate surface area is 138 Å². The van der Waals surface area contributed by atoms with Crippen LogP contribution in [0, 0.1) is 12.7 Å². The monoisotopic (exact) mass is 369 g/mol. The molecule has 21 heavy (non-hydrogen) atoms. The topological polar surface area (TPSA) is 12.0 Å². The van der Waals surface area contributed by atoms with Gasteiger partial charge in [0.1, 0.15) is 5.82 Å². The molecule has 0 aliphatic rings. The second kappa shape index (κ2) is 7.39. The predicted molar refractivity (Wildman–Crippen MR) is 90.4 cm³/mol. The Morgan fingerprint density at radius 2 is 2.05 bits per heavy atom. The van der Waals surface area contributed by atoms with E-state index >= 15 is 0 Å². The van der Waals surface area contributed by atoms with Crippen LogP contribution in [0.15, 0.2) is 40.9 Å². The van der Waals surface area contributed by atoms with E-state index in [1.54, 1.807) is 18.2 Å². The second-order valence-corrected chi connectivity index (χ2v) is 6.35. The van der Waals surface area contributed by atoms with E-state index in [0.717, 1.165) is 11.0 Å². The minimum atomic E-state index is -0.322. The highest BCUT2D eigenvalue weighted by Crippen LogP contribution is 2.27. The van der Waals surface area contributed by atoms with Crippen molar-refractivity contribution in [1.29, 1.82) is 0 Å². The number of hydrogen-bond acceptors (Lipinski definition) is 1. The molecular weight excluding hydrogens is 353 g/mol. The van der Waals surface area contributed by atoms with Gasteiger partial charge in [0.2, 0.25) is 0 Å². The van der Waals surface area contributed by atoms with Crippen molar-refractivity contribution in [3.8, 4) is 0 Å². The van der Waals surface area contributed by atoms with Crippen LogP contribution in [0.1, 0.15) is 29.7 Å². The van der Waals surface area contributed by atoms with E-state index in [1.807, 2.05) is 6.07 Å². The molecule has 0 heterocycles. The van der Waals surface area contributed by atoms with E-state index in [9.17, 15) is 4.39 Å². The molecule has 2 aromatic rings. The Bertz CT molecular complexity index is 630. The van der Waals surface area contributed by atoms with Crippen molar-refractivity contribution in [3.63, 3.8) is 0 Å². The fourth-order valence-corrected chi connectivity index (χ4v) is 3.16. The first-order valence-corrected chi connectivity index (χ1v) is 8.12. The quantitative estimate of drug-likeness (QED) is 0.738. The third-order valence-electron chi connectivity index (χ3n) is 3.51. The van der Waals surface area contributed by atoms with Crippen molar-refractivity contribution < 1.29 is 4.39 Å². The van der Waals surface area contributed by atoms with Crippen LogP contribution in [0.25, 0.3) is 0 Å². The van der Waals surface area contributed by atoms with Gasteiger partial charge < -0.3 is 5.32 Å². The molecule has 1 atom stereocenters. The van der Waals surface area contributed by atoms with Crippen LogP contribution in [0.2, 0.25) is 5.02 Å². The summed E-state index contributed by atoms with van der Waals surface area (Å²) in [6.45, 7) is 4.94. The van der Waals surface area contributed by atoms with Crippen LogP contribution in [-0.2, 0) is 6.42 Å². The lowest BCUT2D eigenvalue weighted by atomic mass is 9.95. The maximum atomic E-state index is 14.1. The lowest BCUT2D eigenvalue weighted by Crippen LogP contribution is -2.24. The van der Waals surface area contributed by atoms with Crippen molar-refractivity contribution in [2.45, 2.75) is 26.3 Å². The summed E-state index contributed by atoms with van der Waals surface area (Å²) >= 11 is 9.35. The first-order chi connectivity index (χ1) is 10.0. The van der Waals surface area contributed by atoms with Gasteiger partial charge in [0.15, 0.2) is 0 Å². The third kappa shape index (κ3) is 4.06. The molecule has 1 N–H and O–H groups in total. The first-order valence-electron chi connectivity index (χ1n) is 6.95. The van der Waals surface area contributed by atoms with Crippen LogP contribution >= 0.6 is 27.5 Å². The maximum absolute atomic E-state index is 14.1. The SMILES string of the molecule is CCNC(Cc1cccc(Cl)c1F)c1ccc(Br)cc1C. The minimum Gasteiger partial charge on any atom is -0.310 e. The Kier molecular flexibility index (Phi) is 5.80. The van der Waals surface area contributed by atoms with Gasteiger partial charge in [0.05, 0.1) is 5.02 Å². The average Bonchev–Trinajstić information content (AvgIpc) is 2.43. The van der Waals surface area contributed by atoms with Gasteiger partial charge in [-0.15, -0.1) is 0 Å². The molecule has 0 spiro atoms. The summed E-state index contributed by atoms with van der Waals surface area (Å²) in [6, 6.07) is 11.4. The molecule has 0 saturated carbocycles. The van der Waals surface area contributed by atoms with Gasteiger partial charge in [-0.3, -0.25) is 0 Å². The molecule has 0 amide bonds. The van der Waals surface area contributed by atoms with Gasteiger partial charge in [0.25, 0.3) is 0 Å². The zero-order valence-electron chi connectivity index (χ0n) is 12.1. The summed E-state index contributed by atoms with van der Waals surface area (Å²) in [6.07, 6.45) is 0.572. The smallest absolute Gasteiger partial charge is 0.145 e. The molecule has 0 aliphatic carbocycles. The Balaban J connectivity index is 2.33. The van der Waals surface area contributed by atoms with Crippen LogP contribution in [0.4, 0.5) is 4.39 Å². The Morgan fingerprint density at radius 1 is 1.29 bits per heavy atom. The molecule has 4 heteroatoms. The van der Waals surface area contributed by atoms with Crippen molar-refractivity contribution in [1.82, 2.24) is 5.32 Å². The summed E-state index contributed by atoms with van der Waals surface area (Å²) in [5.41, 5.74) is 2.99. The number of nitrogens with one attached hydrogen (secondary N) is 1. The number of likely N-dealkylation sites (N-methyl/N-ethyl adjacent to an activating group) is 1. The Morgan fingerprint density at radius 3 is 2.71 bits per heavy atom. The Hall–Kier alpha value is -0.900. The fraction of sp³-hybridized carbons (Fsp3) is 0.294. The van der Waals surface area contributed by atoms with Crippen molar-refractivity contribution >= 4 is 27.5 Å². The van der Waals surface area contributed by atoms with E-state index in [4.69, 9.17) is 11.6 Å². The van der Waals surface area contributed by atoms with Crippen LogP contribution in [0.5, 0.6) is 0 Å². The van der Waals surface area contributed by atoms with Crippen molar-refractivity contribution in [3.05, 3.63) is 68.4 Å². The number of rotatable bonds is 5. The van der Waals surface area contributed by atoms with Gasteiger partial charge in [0, 0.05) is 10.5 Å². The molecule has 2 aromatic carbocycles. The molecular formula is C17H18BrClFN. The number of hydrogen-bond donors (Lipinski definition) is 1. The molecule has 112 valence electrons. The summed E-state index contributed by atoms with van der Waals surface area (Å²) in [7, 11) is 0. The van der Waals surface area contributed by atoms with Gasteiger partial charge >= 0.3 is 0 Å². The summed E-state index contributed by atoms with van der Waals surface area (Å²) in [5, 5.41) is 3.61. The molecule has 0 aromatic heterocycles. The fourth-order valence-electron chi connectivity index (χ4n) is 2.49. The summed E-state index contributed by atoms with van der Waals surface area (Å²) in [5.74, 6) is -0.322. The van der Waals surface area contributed by atoms with E-state index in [-0.39, 0.29) is 16.9 Å². The number of aryl methyl sites for hydroxylation is 1. The van der Waals surface area contributed by atoms with Crippen LogP contribution < -0.4 is 5.32 Å². The van der Waals surface area contributed by atoms with Crippen molar-refractivity contribution in [2.75, 3.05) is 6.54 Å². The normalized spacial score (nSPS) is 12.4. The summed E-state index contributed by atoms with van der Waals surface area (Å²) in [4.78, 5) is 0. The highest BCUT2D eigenvalue weighted by molar-refractivity contribution is 9.10. The molecule has 0 radical (unpaired) electrons. The largest absolute Gasteiger partial charge is 0.310 e. The summed E-state index contributed by atoms with van der Waals surface area (Å²) < 4.78 is 15.2. The molecule has 0 fully saturated rings. The zero-order valence-corrected chi connectivity index (χ0v) is 14.4. The van der Waals surface area contributed by atoms with E-state index in [2.05, 4.69) is 47.2 Å². The standard InChI is InChI=1S/C17H18BrClFN/c1-3-21-16(14-8-7-13(18)9-11(14)2)10-12-5-4-6-15(19)17(12)20/h4-9,16,21H,3,10H2,1-2H3. The minimum absolute atomic E-state index is 0.0658. The van der Waals surface area contributed by atoms with E-state index < -0.39 is 0 Å². The molecule has 1 nitrogen and oxygen atoms in total. The highest BCUT2D eigenvalue weighted by Gasteiger charge is 2.16. The molecule has 2 rings (SSSR count). The van der Waals surface area contributed by atoms with E-state index in [0.29, 0.717) is 12.0 Å². The number of halogens is 3. The van der Waals surface area contributed by atoms with Gasteiger partial charge in [-0.1, -0.05) is 52.7 Å². The highest BCUT2D eigenvalue weighted by atomic mass is 79.9. The van der Waals surface area contributed by atoms with Crippen molar-refractivity contribution in [2.24, 2.45) is 0 Å². The van der Waals surface area contributed by atoms with Crippen LogP contribution in [-0.4, -0.2) is 6.54 Å². The lowest BCUT2D eigenvalue weighted by molar-refractivity contribution is 0.526. The number of benzene rings is 2. The molecule has 0 saturated heterocycles. The van der Waals surface area contributed by atoms with E-state index in [1.165, 1.54) is 11.1 Å². The second-order valence-electron chi connectivity index (χ2n) is 5.03. The first kappa shape index (κ1) is 16.5.